The topological polar surface area (TPSA) is 44.4 Å². The molecule has 0 aliphatic rings. The maximum Gasteiger partial charge on any atom is 0.220 e. The Labute approximate surface area is 128 Å². The lowest BCUT2D eigenvalue weighted by atomic mass is 10.1. The molecule has 2 N–H and O–H groups in total. The van der Waals surface area contributed by atoms with Crippen molar-refractivity contribution in [1.82, 2.24) is 15.5 Å². The zero-order valence-corrected chi connectivity index (χ0v) is 13.6. The average molecular weight is 291 g/mol. The summed E-state index contributed by atoms with van der Waals surface area (Å²) in [6.07, 6.45) is 1.46. The van der Waals surface area contributed by atoms with E-state index in [-0.39, 0.29) is 5.91 Å². The van der Waals surface area contributed by atoms with Gasteiger partial charge in [-0.1, -0.05) is 38.1 Å². The fraction of sp³-hybridized carbons (Fsp3) is 0.588. The van der Waals surface area contributed by atoms with Crippen LogP contribution in [0.1, 0.15) is 37.8 Å². The summed E-state index contributed by atoms with van der Waals surface area (Å²) in [5, 5.41) is 6.03. The summed E-state index contributed by atoms with van der Waals surface area (Å²) in [7, 11) is 1.90. The van der Waals surface area contributed by atoms with Crippen LogP contribution in [-0.2, 0) is 17.9 Å². The molecule has 0 heterocycles. The van der Waals surface area contributed by atoms with Crippen molar-refractivity contribution in [2.45, 2.75) is 39.8 Å². The fourth-order valence-corrected chi connectivity index (χ4v) is 2.26. The number of nitrogens with zero attached hydrogens (tertiary/aromatic N) is 1. The van der Waals surface area contributed by atoms with E-state index < -0.39 is 0 Å². The maximum absolute atomic E-state index is 11.7. The molecular formula is C17H29N3O. The molecule has 0 aliphatic heterocycles. The van der Waals surface area contributed by atoms with Crippen LogP contribution in [0.5, 0.6) is 0 Å². The Bertz CT molecular complexity index is 416. The maximum atomic E-state index is 11.7. The standard InChI is InChI=1S/C17H29N3O/c1-4-20(5-2)14-16-9-6-8-15(12-16)13-19-17(21)10-7-11-18-3/h6,8-9,12,18H,4-5,7,10-11,13-14H2,1-3H3,(H,19,21). The molecule has 1 amide bonds. The van der Waals surface area contributed by atoms with Gasteiger partial charge in [0.25, 0.3) is 0 Å². The van der Waals surface area contributed by atoms with Crippen molar-refractivity contribution in [2.75, 3.05) is 26.7 Å². The Morgan fingerprint density at radius 1 is 1.19 bits per heavy atom. The molecule has 1 aromatic carbocycles. The van der Waals surface area contributed by atoms with Crippen LogP contribution in [0, 0.1) is 0 Å². The van der Waals surface area contributed by atoms with Gasteiger partial charge in [-0.25, -0.2) is 0 Å². The largest absolute Gasteiger partial charge is 0.352 e. The van der Waals surface area contributed by atoms with Crippen LogP contribution in [0.3, 0.4) is 0 Å². The molecule has 0 aromatic heterocycles. The summed E-state index contributed by atoms with van der Waals surface area (Å²) in [5.41, 5.74) is 2.47. The Balaban J connectivity index is 2.43. The lowest BCUT2D eigenvalue weighted by Gasteiger charge is -2.18. The first-order valence-corrected chi connectivity index (χ1v) is 7.91. The first-order chi connectivity index (χ1) is 10.2. The number of rotatable bonds is 10. The second-order valence-corrected chi connectivity index (χ2v) is 5.27. The highest BCUT2D eigenvalue weighted by Gasteiger charge is 2.04. The number of benzene rings is 1. The van der Waals surface area contributed by atoms with E-state index in [4.69, 9.17) is 0 Å². The quantitative estimate of drug-likeness (QED) is 0.649. The second-order valence-electron chi connectivity index (χ2n) is 5.27. The number of amides is 1. The average Bonchev–Trinajstić information content (AvgIpc) is 2.51. The molecule has 0 saturated heterocycles. The van der Waals surface area contributed by atoms with E-state index in [2.05, 4.69) is 53.6 Å². The molecule has 0 atom stereocenters. The van der Waals surface area contributed by atoms with Gasteiger partial charge >= 0.3 is 0 Å². The first kappa shape index (κ1) is 17.7. The van der Waals surface area contributed by atoms with Gasteiger partial charge in [0.15, 0.2) is 0 Å². The predicted octanol–water partition coefficient (Wildman–Crippen LogP) is 2.14. The van der Waals surface area contributed by atoms with Crippen molar-refractivity contribution in [3.63, 3.8) is 0 Å². The lowest BCUT2D eigenvalue weighted by molar-refractivity contribution is -0.121. The second kappa shape index (κ2) is 10.4. The molecule has 4 nitrogen and oxygen atoms in total. The Morgan fingerprint density at radius 2 is 1.90 bits per heavy atom. The van der Waals surface area contributed by atoms with Crippen molar-refractivity contribution < 1.29 is 4.79 Å². The summed E-state index contributed by atoms with van der Waals surface area (Å²) in [6.45, 7) is 8.94. The third kappa shape index (κ3) is 7.25. The third-order valence-corrected chi connectivity index (χ3v) is 3.61. The van der Waals surface area contributed by atoms with Crippen LogP contribution in [-0.4, -0.2) is 37.5 Å². The summed E-state index contributed by atoms with van der Waals surface area (Å²) in [4.78, 5) is 14.1. The van der Waals surface area contributed by atoms with Crippen molar-refractivity contribution >= 4 is 5.91 Å². The molecule has 0 unspecified atom stereocenters. The molecule has 4 heteroatoms. The van der Waals surface area contributed by atoms with E-state index >= 15 is 0 Å². The molecule has 0 fully saturated rings. The molecule has 118 valence electrons. The van der Waals surface area contributed by atoms with E-state index in [0.717, 1.165) is 32.6 Å². The fourth-order valence-electron chi connectivity index (χ4n) is 2.26. The van der Waals surface area contributed by atoms with Gasteiger partial charge in [0.1, 0.15) is 0 Å². The lowest BCUT2D eigenvalue weighted by Crippen LogP contribution is -2.24. The highest BCUT2D eigenvalue weighted by Crippen LogP contribution is 2.08. The van der Waals surface area contributed by atoms with Crippen molar-refractivity contribution in [2.24, 2.45) is 0 Å². The van der Waals surface area contributed by atoms with Crippen molar-refractivity contribution in [1.29, 1.82) is 0 Å². The Morgan fingerprint density at radius 3 is 2.57 bits per heavy atom. The SMILES string of the molecule is CCN(CC)Cc1cccc(CNC(=O)CCCNC)c1. The van der Waals surface area contributed by atoms with Gasteiger partial charge in [-0.15, -0.1) is 0 Å². The van der Waals surface area contributed by atoms with Gasteiger partial charge in [0.05, 0.1) is 0 Å². The molecule has 0 radical (unpaired) electrons. The van der Waals surface area contributed by atoms with E-state index in [1.807, 2.05) is 7.05 Å². The van der Waals surface area contributed by atoms with E-state index in [1.54, 1.807) is 0 Å². The number of carbonyl (C=O) groups excluding carboxylic acids is 1. The first-order valence-electron chi connectivity index (χ1n) is 7.91. The molecule has 1 aromatic rings. The Hall–Kier alpha value is -1.39. The van der Waals surface area contributed by atoms with Gasteiger partial charge < -0.3 is 10.6 Å². The van der Waals surface area contributed by atoms with E-state index in [9.17, 15) is 4.79 Å². The molecule has 0 saturated carbocycles. The minimum atomic E-state index is 0.124. The monoisotopic (exact) mass is 291 g/mol. The van der Waals surface area contributed by atoms with Crippen LogP contribution < -0.4 is 10.6 Å². The molecule has 0 spiro atoms. The number of hydrogen-bond donors (Lipinski definition) is 2. The number of nitrogens with one attached hydrogen (secondary N) is 2. The van der Waals surface area contributed by atoms with E-state index in [1.165, 1.54) is 11.1 Å². The minimum absolute atomic E-state index is 0.124. The van der Waals surface area contributed by atoms with Crippen molar-refractivity contribution in [3.8, 4) is 0 Å². The molecular weight excluding hydrogens is 262 g/mol. The number of hydrogen-bond acceptors (Lipinski definition) is 3. The summed E-state index contributed by atoms with van der Waals surface area (Å²) >= 11 is 0. The van der Waals surface area contributed by atoms with Crippen LogP contribution in [0.4, 0.5) is 0 Å². The van der Waals surface area contributed by atoms with Crippen molar-refractivity contribution in [3.05, 3.63) is 35.4 Å². The molecule has 0 aliphatic carbocycles. The molecule has 21 heavy (non-hydrogen) atoms. The van der Waals surface area contributed by atoms with E-state index in [0.29, 0.717) is 13.0 Å². The van der Waals surface area contributed by atoms with Gasteiger partial charge in [-0.2, -0.15) is 0 Å². The zero-order valence-electron chi connectivity index (χ0n) is 13.6. The highest BCUT2D eigenvalue weighted by molar-refractivity contribution is 5.75. The summed E-state index contributed by atoms with van der Waals surface area (Å²) in [6, 6.07) is 8.48. The summed E-state index contributed by atoms with van der Waals surface area (Å²) < 4.78 is 0. The highest BCUT2D eigenvalue weighted by atomic mass is 16.1. The summed E-state index contributed by atoms with van der Waals surface area (Å²) in [5.74, 6) is 0.124. The van der Waals surface area contributed by atoms with Crippen LogP contribution in [0.2, 0.25) is 0 Å². The Kier molecular flexibility index (Phi) is 8.71. The van der Waals surface area contributed by atoms with Crippen LogP contribution >= 0.6 is 0 Å². The third-order valence-electron chi connectivity index (χ3n) is 3.61. The number of carbonyl (C=O) groups is 1. The zero-order chi connectivity index (χ0) is 15.5. The van der Waals surface area contributed by atoms with Gasteiger partial charge in [-0.05, 0) is 44.2 Å². The van der Waals surface area contributed by atoms with Gasteiger partial charge in [-0.3, -0.25) is 9.69 Å². The smallest absolute Gasteiger partial charge is 0.220 e. The normalized spacial score (nSPS) is 10.9. The predicted molar refractivity (Wildman–Crippen MR) is 88.1 cm³/mol. The molecule has 0 bridgehead atoms. The van der Waals surface area contributed by atoms with Crippen LogP contribution in [0.15, 0.2) is 24.3 Å². The van der Waals surface area contributed by atoms with Gasteiger partial charge in [0.2, 0.25) is 5.91 Å². The molecule has 1 rings (SSSR count). The van der Waals surface area contributed by atoms with Crippen LogP contribution in [0.25, 0.3) is 0 Å². The minimum Gasteiger partial charge on any atom is -0.352 e. The van der Waals surface area contributed by atoms with Gasteiger partial charge in [0, 0.05) is 19.5 Å².